The summed E-state index contributed by atoms with van der Waals surface area (Å²) in [7, 11) is 0. The van der Waals surface area contributed by atoms with Crippen molar-refractivity contribution in [3.8, 4) is 5.88 Å². The Morgan fingerprint density at radius 3 is 3.08 bits per heavy atom. The van der Waals surface area contributed by atoms with Crippen molar-refractivity contribution in [2.45, 2.75) is 6.54 Å². The SMILES string of the molecule is [O-][n+]1cc(O)n2c1NC=C(O)C2. The van der Waals surface area contributed by atoms with Crippen LogP contribution >= 0.6 is 0 Å². The van der Waals surface area contributed by atoms with Gasteiger partial charge in [-0.3, -0.25) is 0 Å². The maximum absolute atomic E-state index is 11.0. The van der Waals surface area contributed by atoms with Gasteiger partial charge in [-0.05, 0) is 0 Å². The Morgan fingerprint density at radius 1 is 1.58 bits per heavy atom. The number of fused-ring (bicyclic) bond motifs is 1. The summed E-state index contributed by atoms with van der Waals surface area (Å²) in [5, 5.41) is 31.7. The van der Waals surface area contributed by atoms with Crippen LogP contribution in [0, 0.1) is 5.21 Å². The molecule has 6 heteroatoms. The Hall–Kier alpha value is -1.85. The third-order valence-corrected chi connectivity index (χ3v) is 1.66. The van der Waals surface area contributed by atoms with Crippen molar-refractivity contribution < 1.29 is 14.9 Å². The second-order valence-corrected chi connectivity index (χ2v) is 2.50. The van der Waals surface area contributed by atoms with Crippen LogP contribution in [0.3, 0.4) is 0 Å². The van der Waals surface area contributed by atoms with Crippen LogP contribution in [0.25, 0.3) is 0 Å². The zero-order chi connectivity index (χ0) is 8.72. The van der Waals surface area contributed by atoms with Gasteiger partial charge in [0.05, 0.1) is 0 Å². The first kappa shape index (κ1) is 6.84. The minimum atomic E-state index is -0.174. The molecule has 0 aromatic carbocycles. The van der Waals surface area contributed by atoms with E-state index in [4.69, 9.17) is 10.2 Å². The Labute approximate surface area is 67.6 Å². The largest absolute Gasteiger partial charge is 0.740 e. The van der Waals surface area contributed by atoms with E-state index in [1.807, 2.05) is 0 Å². The Kier molecular flexibility index (Phi) is 1.18. The Bertz CT molecular complexity index is 355. The summed E-state index contributed by atoms with van der Waals surface area (Å²) in [5.41, 5.74) is 0. The fourth-order valence-corrected chi connectivity index (χ4v) is 1.12. The second-order valence-electron chi connectivity index (χ2n) is 2.50. The van der Waals surface area contributed by atoms with Crippen LogP contribution in [0.2, 0.25) is 0 Å². The Morgan fingerprint density at radius 2 is 2.33 bits per heavy atom. The average molecular weight is 169 g/mol. The van der Waals surface area contributed by atoms with Gasteiger partial charge in [-0.2, -0.15) is 4.57 Å². The molecule has 64 valence electrons. The van der Waals surface area contributed by atoms with Crippen molar-refractivity contribution in [2.75, 3.05) is 5.32 Å². The fraction of sp³-hybridized carbons (Fsp3) is 0.167. The maximum Gasteiger partial charge on any atom is 0.365 e. The minimum absolute atomic E-state index is 0.0639. The van der Waals surface area contributed by atoms with Crippen LogP contribution in [0.4, 0.5) is 5.95 Å². The van der Waals surface area contributed by atoms with E-state index in [1.165, 1.54) is 10.8 Å². The van der Waals surface area contributed by atoms with E-state index >= 15 is 0 Å². The molecule has 0 radical (unpaired) electrons. The number of hydrogen-bond acceptors (Lipinski definition) is 4. The van der Waals surface area contributed by atoms with E-state index in [2.05, 4.69) is 5.32 Å². The predicted molar refractivity (Wildman–Crippen MR) is 39.4 cm³/mol. The molecule has 0 amide bonds. The third kappa shape index (κ3) is 0.777. The van der Waals surface area contributed by atoms with Gasteiger partial charge in [0, 0.05) is 0 Å². The van der Waals surface area contributed by atoms with Gasteiger partial charge in [-0.25, -0.2) is 10.0 Å². The van der Waals surface area contributed by atoms with E-state index in [9.17, 15) is 5.21 Å². The number of imidazole rings is 1. The molecule has 0 fully saturated rings. The molecule has 0 bridgehead atoms. The summed E-state index contributed by atoms with van der Waals surface area (Å²) in [6, 6.07) is 0. The molecular weight excluding hydrogens is 162 g/mol. The van der Waals surface area contributed by atoms with Crippen molar-refractivity contribution in [1.82, 2.24) is 4.57 Å². The normalized spacial score (nSPS) is 14.8. The monoisotopic (exact) mass is 169 g/mol. The first-order valence-electron chi connectivity index (χ1n) is 3.34. The predicted octanol–water partition coefficient (Wildman–Crippen LogP) is -0.348. The van der Waals surface area contributed by atoms with Gasteiger partial charge in [0.25, 0.3) is 5.88 Å². The lowest BCUT2D eigenvalue weighted by Gasteiger charge is -2.09. The van der Waals surface area contributed by atoms with Crippen LogP contribution in [-0.4, -0.2) is 14.8 Å². The summed E-state index contributed by atoms with van der Waals surface area (Å²) in [6.07, 6.45) is 2.33. The maximum atomic E-state index is 11.0. The summed E-state index contributed by atoms with van der Waals surface area (Å²) in [5.74, 6) is 0.0893. The number of nitrogens with zero attached hydrogens (tertiary/aromatic N) is 2. The zero-order valence-electron chi connectivity index (χ0n) is 6.06. The molecule has 1 aromatic heterocycles. The lowest BCUT2D eigenvalue weighted by molar-refractivity contribution is -0.589. The molecule has 2 heterocycles. The van der Waals surface area contributed by atoms with E-state index in [-0.39, 0.29) is 24.1 Å². The summed E-state index contributed by atoms with van der Waals surface area (Å²) >= 11 is 0. The molecule has 0 aliphatic carbocycles. The van der Waals surface area contributed by atoms with Gasteiger partial charge in [-0.15, -0.1) is 0 Å². The number of allylic oxidation sites excluding steroid dienone is 1. The van der Waals surface area contributed by atoms with Crippen molar-refractivity contribution in [3.63, 3.8) is 0 Å². The van der Waals surface area contributed by atoms with Gasteiger partial charge >= 0.3 is 5.95 Å². The molecule has 3 N–H and O–H groups in total. The van der Waals surface area contributed by atoms with E-state index in [0.717, 1.165) is 6.20 Å². The van der Waals surface area contributed by atoms with Crippen molar-refractivity contribution in [1.29, 1.82) is 0 Å². The van der Waals surface area contributed by atoms with E-state index < -0.39 is 0 Å². The molecule has 1 aliphatic heterocycles. The highest BCUT2D eigenvalue weighted by Gasteiger charge is 2.22. The second kappa shape index (κ2) is 2.07. The molecular formula is C6H7N3O3. The summed E-state index contributed by atoms with van der Waals surface area (Å²) < 4.78 is 1.76. The number of aromatic nitrogens is 2. The number of anilines is 1. The van der Waals surface area contributed by atoms with Gasteiger partial charge in [0.15, 0.2) is 5.76 Å². The number of aliphatic hydroxyl groups is 1. The molecule has 12 heavy (non-hydrogen) atoms. The van der Waals surface area contributed by atoms with Crippen LogP contribution in [0.5, 0.6) is 5.88 Å². The highest BCUT2D eigenvalue weighted by molar-refractivity contribution is 5.33. The number of hydrogen-bond donors (Lipinski definition) is 3. The highest BCUT2D eigenvalue weighted by Crippen LogP contribution is 2.19. The van der Waals surface area contributed by atoms with Crippen molar-refractivity contribution in [3.05, 3.63) is 23.4 Å². The fourth-order valence-electron chi connectivity index (χ4n) is 1.12. The summed E-state index contributed by atoms with van der Waals surface area (Å²) in [6.45, 7) is 0.114. The molecule has 6 nitrogen and oxygen atoms in total. The average Bonchev–Trinajstić information content (AvgIpc) is 2.28. The van der Waals surface area contributed by atoms with Crippen LogP contribution < -0.4 is 10.0 Å². The van der Waals surface area contributed by atoms with Gasteiger partial charge in [0.1, 0.15) is 18.9 Å². The molecule has 0 spiro atoms. The first-order chi connectivity index (χ1) is 5.68. The molecule has 1 aliphatic rings. The number of nitrogens with one attached hydrogen (secondary N) is 1. The molecule has 0 saturated heterocycles. The first-order valence-corrected chi connectivity index (χ1v) is 3.34. The van der Waals surface area contributed by atoms with Crippen molar-refractivity contribution in [2.24, 2.45) is 0 Å². The van der Waals surface area contributed by atoms with Gasteiger partial charge in [0.2, 0.25) is 0 Å². The standard InChI is InChI=1S/C6H7N3O3/c10-4-1-7-6-8(2-4)5(11)3-9(6)12/h1,3,7,10-11H,2H2. The zero-order valence-corrected chi connectivity index (χ0v) is 6.06. The summed E-state index contributed by atoms with van der Waals surface area (Å²) in [4.78, 5) is 0. The molecule has 0 saturated carbocycles. The molecule has 0 atom stereocenters. The van der Waals surface area contributed by atoms with Crippen LogP contribution in [0.1, 0.15) is 0 Å². The number of aromatic hydroxyl groups is 1. The van der Waals surface area contributed by atoms with Gasteiger partial charge < -0.3 is 15.4 Å². The molecule has 0 unspecified atom stereocenters. The van der Waals surface area contributed by atoms with Crippen LogP contribution in [0.15, 0.2) is 18.2 Å². The smallest absolute Gasteiger partial charge is 0.365 e. The highest BCUT2D eigenvalue weighted by atomic mass is 16.5. The van der Waals surface area contributed by atoms with E-state index in [1.54, 1.807) is 0 Å². The van der Waals surface area contributed by atoms with E-state index in [0.29, 0.717) is 4.73 Å². The molecule has 1 aromatic rings. The third-order valence-electron chi connectivity index (χ3n) is 1.66. The molecule has 2 rings (SSSR count). The Balaban J connectivity index is 2.51. The van der Waals surface area contributed by atoms with Gasteiger partial charge in [-0.1, -0.05) is 0 Å². The van der Waals surface area contributed by atoms with Crippen molar-refractivity contribution >= 4 is 5.95 Å². The quantitative estimate of drug-likeness (QED) is 0.366. The van der Waals surface area contributed by atoms with Crippen LogP contribution in [-0.2, 0) is 6.54 Å². The topological polar surface area (TPSA) is 84.4 Å². The lowest BCUT2D eigenvalue weighted by Crippen LogP contribution is -2.29. The minimum Gasteiger partial charge on any atom is -0.740 e. The number of aliphatic hydroxyl groups excluding tert-OH is 1. The lowest BCUT2D eigenvalue weighted by atomic mass is 10.4. The number of rotatable bonds is 0.